The van der Waals surface area contributed by atoms with Crippen molar-refractivity contribution in [1.29, 1.82) is 0 Å². The van der Waals surface area contributed by atoms with Gasteiger partial charge in [-0.15, -0.1) is 0 Å². The Hall–Kier alpha value is -2.93. The molecular weight excluding hydrogens is 379 g/mol. The first-order chi connectivity index (χ1) is 13.4. The van der Waals surface area contributed by atoms with E-state index in [9.17, 15) is 18.8 Å². The van der Waals surface area contributed by atoms with Crippen molar-refractivity contribution in [3.8, 4) is 0 Å². The molecule has 0 aliphatic carbocycles. The number of rotatable bonds is 6. The molecule has 0 saturated carbocycles. The van der Waals surface area contributed by atoms with Gasteiger partial charge < -0.3 is 5.32 Å². The maximum atomic E-state index is 13.6. The molecule has 0 aromatic heterocycles. The van der Waals surface area contributed by atoms with Crippen LogP contribution < -0.4 is 5.32 Å². The van der Waals surface area contributed by atoms with Gasteiger partial charge in [0.2, 0.25) is 5.91 Å². The molecule has 0 radical (unpaired) electrons. The van der Waals surface area contributed by atoms with E-state index in [-0.39, 0.29) is 36.6 Å². The zero-order chi connectivity index (χ0) is 20.1. The Kier molecular flexibility index (Phi) is 6.26. The van der Waals surface area contributed by atoms with Crippen LogP contribution >= 0.6 is 11.8 Å². The molecule has 3 amide bonds. The summed E-state index contributed by atoms with van der Waals surface area (Å²) >= 11 is 0.880. The fourth-order valence-electron chi connectivity index (χ4n) is 2.69. The highest BCUT2D eigenvalue weighted by atomic mass is 32.2. The molecule has 2 aromatic rings. The van der Waals surface area contributed by atoms with E-state index < -0.39 is 5.82 Å². The standard InChI is InChI=1S/C21H19FN2O3S/c1-14-6-8-15(9-7-14)12-18-20(26)24(21(27)28-18)11-10-23-19(25)13-16-4-2-3-5-17(16)22/h2-9,12H,10-11,13H2,1H3,(H,23,25). The number of nitrogens with zero attached hydrogens (tertiary/aromatic N) is 1. The smallest absolute Gasteiger partial charge is 0.293 e. The van der Waals surface area contributed by atoms with Crippen molar-refractivity contribution in [3.63, 3.8) is 0 Å². The maximum Gasteiger partial charge on any atom is 0.293 e. The third-order valence-corrected chi connectivity index (χ3v) is 5.12. The molecule has 1 N–H and O–H groups in total. The molecule has 0 atom stereocenters. The summed E-state index contributed by atoms with van der Waals surface area (Å²) in [5, 5.41) is 2.25. The molecular formula is C21H19FN2O3S. The van der Waals surface area contributed by atoms with Crippen molar-refractivity contribution in [2.24, 2.45) is 0 Å². The normalized spacial score (nSPS) is 15.4. The molecule has 3 rings (SSSR count). The van der Waals surface area contributed by atoms with E-state index in [0.717, 1.165) is 27.8 Å². The fourth-order valence-corrected chi connectivity index (χ4v) is 3.56. The average molecular weight is 398 g/mol. The minimum Gasteiger partial charge on any atom is -0.354 e. The average Bonchev–Trinajstić information content (AvgIpc) is 2.93. The van der Waals surface area contributed by atoms with Crippen molar-refractivity contribution >= 4 is 34.9 Å². The van der Waals surface area contributed by atoms with Crippen molar-refractivity contribution in [2.45, 2.75) is 13.3 Å². The SMILES string of the molecule is Cc1ccc(C=C2SC(=O)N(CCNC(=O)Cc3ccccc3F)C2=O)cc1. The topological polar surface area (TPSA) is 66.5 Å². The van der Waals surface area contributed by atoms with Gasteiger partial charge in [-0.2, -0.15) is 0 Å². The number of benzene rings is 2. The van der Waals surface area contributed by atoms with E-state index in [4.69, 9.17) is 0 Å². The minimum absolute atomic E-state index is 0.0684. The molecule has 0 bridgehead atoms. The summed E-state index contributed by atoms with van der Waals surface area (Å²) in [5.41, 5.74) is 2.25. The zero-order valence-electron chi connectivity index (χ0n) is 15.3. The van der Waals surface area contributed by atoms with E-state index in [1.165, 1.54) is 6.07 Å². The number of amides is 3. The number of imide groups is 1. The highest BCUT2D eigenvalue weighted by Gasteiger charge is 2.34. The van der Waals surface area contributed by atoms with Gasteiger partial charge in [0.15, 0.2) is 0 Å². The van der Waals surface area contributed by atoms with E-state index in [1.54, 1.807) is 24.3 Å². The molecule has 7 heteroatoms. The van der Waals surface area contributed by atoms with Gasteiger partial charge in [0.25, 0.3) is 11.1 Å². The van der Waals surface area contributed by atoms with Gasteiger partial charge in [0.1, 0.15) is 5.82 Å². The Morgan fingerprint density at radius 1 is 1.14 bits per heavy atom. The summed E-state index contributed by atoms with van der Waals surface area (Å²) in [4.78, 5) is 38.0. The van der Waals surface area contributed by atoms with Crippen LogP contribution in [0.25, 0.3) is 6.08 Å². The number of carbonyl (C=O) groups excluding carboxylic acids is 3. The lowest BCUT2D eigenvalue weighted by atomic mass is 10.1. The molecule has 5 nitrogen and oxygen atoms in total. The molecule has 1 aliphatic heterocycles. The number of halogens is 1. The van der Waals surface area contributed by atoms with Gasteiger partial charge >= 0.3 is 0 Å². The highest BCUT2D eigenvalue weighted by Crippen LogP contribution is 2.31. The summed E-state index contributed by atoms with van der Waals surface area (Å²) in [7, 11) is 0. The van der Waals surface area contributed by atoms with E-state index in [0.29, 0.717) is 10.5 Å². The lowest BCUT2D eigenvalue weighted by molar-refractivity contribution is -0.124. The summed E-state index contributed by atoms with van der Waals surface area (Å²) in [5.74, 6) is -1.18. The van der Waals surface area contributed by atoms with Crippen molar-refractivity contribution in [3.05, 3.63) is 75.9 Å². The molecule has 144 valence electrons. The number of thioether (sulfide) groups is 1. The van der Waals surface area contributed by atoms with Crippen LogP contribution in [0.2, 0.25) is 0 Å². The van der Waals surface area contributed by atoms with Crippen molar-refractivity contribution in [2.75, 3.05) is 13.1 Å². The predicted octanol–water partition coefficient (Wildman–Crippen LogP) is 3.53. The minimum atomic E-state index is -0.440. The van der Waals surface area contributed by atoms with Gasteiger partial charge in [-0.25, -0.2) is 4.39 Å². The summed E-state index contributed by atoms with van der Waals surface area (Å²) in [6.45, 7) is 2.15. The second-order valence-electron chi connectivity index (χ2n) is 6.36. The van der Waals surface area contributed by atoms with E-state index in [1.807, 2.05) is 31.2 Å². The lowest BCUT2D eigenvalue weighted by Crippen LogP contribution is -2.37. The Bertz CT molecular complexity index is 941. The molecule has 1 saturated heterocycles. The fraction of sp³-hybridized carbons (Fsp3) is 0.190. The molecule has 1 aliphatic rings. The van der Waals surface area contributed by atoms with Crippen molar-refractivity contribution in [1.82, 2.24) is 10.2 Å². The van der Waals surface area contributed by atoms with Crippen LogP contribution in [-0.4, -0.2) is 35.0 Å². The summed E-state index contributed by atoms with van der Waals surface area (Å²) < 4.78 is 13.6. The van der Waals surface area contributed by atoms with Gasteiger partial charge in [0, 0.05) is 13.1 Å². The number of aryl methyl sites for hydroxylation is 1. The molecule has 28 heavy (non-hydrogen) atoms. The van der Waals surface area contributed by atoms with Gasteiger partial charge in [-0.3, -0.25) is 19.3 Å². The van der Waals surface area contributed by atoms with Gasteiger partial charge in [0.05, 0.1) is 11.3 Å². The third-order valence-electron chi connectivity index (χ3n) is 4.22. The molecule has 1 fully saturated rings. The first-order valence-electron chi connectivity index (χ1n) is 8.76. The van der Waals surface area contributed by atoms with Crippen LogP contribution in [-0.2, 0) is 16.0 Å². The maximum absolute atomic E-state index is 13.6. The quantitative estimate of drug-likeness (QED) is 0.756. The van der Waals surface area contributed by atoms with E-state index in [2.05, 4.69) is 5.32 Å². The number of nitrogens with one attached hydrogen (secondary N) is 1. The van der Waals surface area contributed by atoms with Crippen LogP contribution in [0.5, 0.6) is 0 Å². The van der Waals surface area contributed by atoms with Crippen molar-refractivity contribution < 1.29 is 18.8 Å². The van der Waals surface area contributed by atoms with Crippen LogP contribution in [0, 0.1) is 12.7 Å². The molecule has 2 aromatic carbocycles. The van der Waals surface area contributed by atoms with Crippen LogP contribution in [0.4, 0.5) is 9.18 Å². The van der Waals surface area contributed by atoms with Gasteiger partial charge in [-0.05, 0) is 42.0 Å². The number of hydrogen-bond acceptors (Lipinski definition) is 4. The third kappa shape index (κ3) is 4.86. The first-order valence-corrected chi connectivity index (χ1v) is 9.58. The van der Waals surface area contributed by atoms with Crippen LogP contribution in [0.3, 0.4) is 0 Å². The monoisotopic (exact) mass is 398 g/mol. The molecule has 0 spiro atoms. The number of carbonyl (C=O) groups is 3. The largest absolute Gasteiger partial charge is 0.354 e. The molecule has 1 heterocycles. The van der Waals surface area contributed by atoms with Crippen LogP contribution in [0.15, 0.2) is 53.4 Å². The number of hydrogen-bond donors (Lipinski definition) is 1. The van der Waals surface area contributed by atoms with Gasteiger partial charge in [-0.1, -0.05) is 48.0 Å². The first kappa shape index (κ1) is 19.8. The Morgan fingerprint density at radius 3 is 2.57 bits per heavy atom. The summed E-state index contributed by atoms with van der Waals surface area (Å²) in [6.07, 6.45) is 1.59. The Balaban J connectivity index is 1.54. The lowest BCUT2D eigenvalue weighted by Gasteiger charge is -2.13. The van der Waals surface area contributed by atoms with E-state index >= 15 is 0 Å². The highest BCUT2D eigenvalue weighted by molar-refractivity contribution is 8.18. The molecule has 0 unspecified atom stereocenters. The summed E-state index contributed by atoms with van der Waals surface area (Å²) in [6, 6.07) is 13.7. The predicted molar refractivity (Wildman–Crippen MR) is 107 cm³/mol. The Morgan fingerprint density at radius 2 is 1.86 bits per heavy atom. The Labute approximate surface area is 166 Å². The second kappa shape index (κ2) is 8.84. The van der Waals surface area contributed by atoms with Crippen LogP contribution in [0.1, 0.15) is 16.7 Å². The second-order valence-corrected chi connectivity index (χ2v) is 7.36. The zero-order valence-corrected chi connectivity index (χ0v) is 16.1.